The Bertz CT molecular complexity index is 596. The predicted molar refractivity (Wildman–Crippen MR) is 89.1 cm³/mol. The lowest BCUT2D eigenvalue weighted by molar-refractivity contribution is -0.122. The van der Waals surface area contributed by atoms with Crippen LogP contribution in [0.4, 0.5) is 5.69 Å². The van der Waals surface area contributed by atoms with E-state index >= 15 is 0 Å². The molecular weight excluding hydrogens is 365 g/mol. The van der Waals surface area contributed by atoms with Crippen LogP contribution in [0, 0.1) is 10.5 Å². The van der Waals surface area contributed by atoms with Crippen LogP contribution in [0.2, 0.25) is 0 Å². The van der Waals surface area contributed by atoms with Crippen LogP contribution in [0.5, 0.6) is 5.75 Å². The molecule has 0 heterocycles. The highest BCUT2D eigenvalue weighted by Crippen LogP contribution is 2.16. The molecule has 2 rings (SSSR count). The first kappa shape index (κ1) is 14.8. The fraction of sp³-hybridized carbons (Fsp3) is 0.188. The Balaban J connectivity index is 1.96. The number of hydrogen-bond acceptors (Lipinski definition) is 2. The topological polar surface area (TPSA) is 38.3 Å². The summed E-state index contributed by atoms with van der Waals surface area (Å²) in [6.07, 6.45) is -0.546. The molecule has 0 aromatic heterocycles. The summed E-state index contributed by atoms with van der Waals surface area (Å²) >= 11 is 2.23. The maximum Gasteiger partial charge on any atom is 0.265 e. The van der Waals surface area contributed by atoms with E-state index in [-0.39, 0.29) is 5.91 Å². The number of ether oxygens (including phenoxy) is 1. The van der Waals surface area contributed by atoms with Gasteiger partial charge in [-0.3, -0.25) is 4.79 Å². The van der Waals surface area contributed by atoms with Crippen molar-refractivity contribution in [1.29, 1.82) is 0 Å². The van der Waals surface area contributed by atoms with Gasteiger partial charge in [0, 0.05) is 9.26 Å². The molecule has 0 radical (unpaired) electrons. The highest BCUT2D eigenvalue weighted by molar-refractivity contribution is 14.1. The van der Waals surface area contributed by atoms with Crippen LogP contribution < -0.4 is 10.1 Å². The van der Waals surface area contributed by atoms with Gasteiger partial charge in [-0.25, -0.2) is 0 Å². The van der Waals surface area contributed by atoms with E-state index in [1.54, 1.807) is 6.92 Å². The number of aryl methyl sites for hydroxylation is 1. The molecule has 2 aromatic carbocycles. The first-order chi connectivity index (χ1) is 9.54. The molecule has 104 valence electrons. The fourth-order valence-corrected chi connectivity index (χ4v) is 2.10. The molecule has 1 N–H and O–H groups in total. The van der Waals surface area contributed by atoms with Gasteiger partial charge >= 0.3 is 0 Å². The number of anilines is 1. The zero-order valence-electron chi connectivity index (χ0n) is 11.4. The summed E-state index contributed by atoms with van der Waals surface area (Å²) in [5, 5.41) is 2.85. The third-order valence-corrected chi connectivity index (χ3v) is 3.50. The third-order valence-electron chi connectivity index (χ3n) is 2.78. The van der Waals surface area contributed by atoms with Gasteiger partial charge in [-0.2, -0.15) is 0 Å². The molecule has 4 heteroatoms. The Hall–Kier alpha value is -1.56. The maximum atomic E-state index is 12.1. The zero-order chi connectivity index (χ0) is 14.5. The van der Waals surface area contributed by atoms with Gasteiger partial charge in [-0.15, -0.1) is 0 Å². The van der Waals surface area contributed by atoms with Crippen molar-refractivity contribution < 1.29 is 9.53 Å². The number of nitrogens with one attached hydrogen (secondary N) is 1. The lowest BCUT2D eigenvalue weighted by Gasteiger charge is -2.15. The summed E-state index contributed by atoms with van der Waals surface area (Å²) in [7, 11) is 0. The molecule has 0 spiro atoms. The van der Waals surface area contributed by atoms with E-state index in [0.29, 0.717) is 5.75 Å². The first-order valence-electron chi connectivity index (χ1n) is 6.34. The van der Waals surface area contributed by atoms with Gasteiger partial charge in [-0.05, 0) is 78.4 Å². The second kappa shape index (κ2) is 6.74. The Kier molecular flexibility index (Phi) is 5.00. The molecule has 0 bridgehead atoms. The van der Waals surface area contributed by atoms with E-state index in [0.717, 1.165) is 14.8 Å². The minimum absolute atomic E-state index is 0.158. The van der Waals surface area contributed by atoms with Crippen LogP contribution in [-0.2, 0) is 4.79 Å². The van der Waals surface area contributed by atoms with Crippen LogP contribution in [0.3, 0.4) is 0 Å². The van der Waals surface area contributed by atoms with Gasteiger partial charge in [-0.1, -0.05) is 12.1 Å². The van der Waals surface area contributed by atoms with Gasteiger partial charge in [0.15, 0.2) is 6.10 Å². The Morgan fingerprint density at radius 1 is 1.20 bits per heavy atom. The molecule has 2 aromatic rings. The molecule has 20 heavy (non-hydrogen) atoms. The van der Waals surface area contributed by atoms with Crippen LogP contribution in [0.15, 0.2) is 48.5 Å². The number of carbonyl (C=O) groups is 1. The zero-order valence-corrected chi connectivity index (χ0v) is 13.5. The molecule has 1 atom stereocenters. The summed E-state index contributed by atoms with van der Waals surface area (Å²) in [5.74, 6) is 0.534. The van der Waals surface area contributed by atoms with Crippen LogP contribution in [0.1, 0.15) is 12.5 Å². The van der Waals surface area contributed by atoms with Crippen molar-refractivity contribution in [2.75, 3.05) is 5.32 Å². The Labute approximate surface area is 132 Å². The minimum Gasteiger partial charge on any atom is -0.481 e. The van der Waals surface area contributed by atoms with E-state index in [1.165, 1.54) is 0 Å². The van der Waals surface area contributed by atoms with Crippen molar-refractivity contribution in [3.8, 4) is 5.75 Å². The number of carbonyl (C=O) groups excluding carboxylic acids is 1. The van der Waals surface area contributed by atoms with Crippen molar-refractivity contribution in [2.24, 2.45) is 0 Å². The van der Waals surface area contributed by atoms with E-state index in [1.807, 2.05) is 55.5 Å². The van der Waals surface area contributed by atoms with Crippen molar-refractivity contribution in [3.63, 3.8) is 0 Å². The molecule has 1 amide bonds. The number of hydrogen-bond donors (Lipinski definition) is 1. The van der Waals surface area contributed by atoms with E-state index < -0.39 is 6.10 Å². The number of halogens is 1. The molecule has 0 saturated carbocycles. The normalized spacial score (nSPS) is 11.8. The molecule has 0 aliphatic rings. The largest absolute Gasteiger partial charge is 0.481 e. The second-order valence-electron chi connectivity index (χ2n) is 4.57. The van der Waals surface area contributed by atoms with Crippen molar-refractivity contribution in [3.05, 3.63) is 57.7 Å². The summed E-state index contributed by atoms with van der Waals surface area (Å²) in [6, 6.07) is 15.3. The van der Waals surface area contributed by atoms with E-state index in [4.69, 9.17) is 4.74 Å². The van der Waals surface area contributed by atoms with Gasteiger partial charge in [0.25, 0.3) is 5.91 Å². The monoisotopic (exact) mass is 381 g/mol. The minimum atomic E-state index is -0.546. The molecule has 0 aliphatic heterocycles. The summed E-state index contributed by atoms with van der Waals surface area (Å²) in [5.41, 5.74) is 1.89. The number of amides is 1. The smallest absolute Gasteiger partial charge is 0.265 e. The molecular formula is C16H16INO2. The quantitative estimate of drug-likeness (QED) is 0.813. The summed E-state index contributed by atoms with van der Waals surface area (Å²) < 4.78 is 6.75. The van der Waals surface area contributed by atoms with Crippen LogP contribution >= 0.6 is 22.6 Å². The Morgan fingerprint density at radius 2 is 1.90 bits per heavy atom. The van der Waals surface area contributed by atoms with Crippen LogP contribution in [0.25, 0.3) is 0 Å². The van der Waals surface area contributed by atoms with Crippen molar-refractivity contribution in [1.82, 2.24) is 0 Å². The van der Waals surface area contributed by atoms with Gasteiger partial charge in [0.05, 0.1) is 0 Å². The van der Waals surface area contributed by atoms with E-state index in [9.17, 15) is 4.79 Å². The summed E-state index contributed by atoms with van der Waals surface area (Å²) in [6.45, 7) is 3.73. The van der Waals surface area contributed by atoms with Crippen molar-refractivity contribution in [2.45, 2.75) is 20.0 Å². The number of benzene rings is 2. The van der Waals surface area contributed by atoms with Gasteiger partial charge in [0.2, 0.25) is 0 Å². The third kappa shape index (κ3) is 4.23. The lowest BCUT2D eigenvalue weighted by atomic mass is 10.2. The molecule has 0 fully saturated rings. The fourth-order valence-electron chi connectivity index (χ4n) is 1.74. The van der Waals surface area contributed by atoms with E-state index in [2.05, 4.69) is 27.9 Å². The lowest BCUT2D eigenvalue weighted by Crippen LogP contribution is -2.30. The molecule has 3 nitrogen and oxygen atoms in total. The SMILES string of the molecule is Cc1cccc(NC(=O)C(C)Oc2ccc(I)cc2)c1. The number of rotatable bonds is 4. The molecule has 0 aliphatic carbocycles. The highest BCUT2D eigenvalue weighted by Gasteiger charge is 2.14. The second-order valence-corrected chi connectivity index (χ2v) is 5.82. The average molecular weight is 381 g/mol. The predicted octanol–water partition coefficient (Wildman–Crippen LogP) is 4.01. The standard InChI is InChI=1S/C16H16INO2/c1-11-4-3-5-14(10-11)18-16(19)12(2)20-15-8-6-13(17)7-9-15/h3-10,12H,1-2H3,(H,18,19). The summed E-state index contributed by atoms with van der Waals surface area (Å²) in [4.78, 5) is 12.1. The average Bonchev–Trinajstić information content (AvgIpc) is 2.41. The maximum absolute atomic E-state index is 12.1. The molecule has 0 saturated heterocycles. The van der Waals surface area contributed by atoms with Crippen LogP contribution in [-0.4, -0.2) is 12.0 Å². The van der Waals surface area contributed by atoms with Gasteiger partial charge < -0.3 is 10.1 Å². The first-order valence-corrected chi connectivity index (χ1v) is 7.42. The van der Waals surface area contributed by atoms with Crippen molar-refractivity contribution >= 4 is 34.2 Å². The molecule has 1 unspecified atom stereocenters. The van der Waals surface area contributed by atoms with Gasteiger partial charge in [0.1, 0.15) is 5.75 Å². The highest BCUT2D eigenvalue weighted by atomic mass is 127. The Morgan fingerprint density at radius 3 is 2.55 bits per heavy atom.